The summed E-state index contributed by atoms with van der Waals surface area (Å²) in [7, 11) is 1.66. The van der Waals surface area contributed by atoms with Crippen LogP contribution in [0, 0.1) is 5.92 Å². The molecule has 0 unspecified atom stereocenters. The van der Waals surface area contributed by atoms with Crippen molar-refractivity contribution in [1.82, 2.24) is 25.0 Å². The molecule has 0 saturated carbocycles. The van der Waals surface area contributed by atoms with Gasteiger partial charge in [0.05, 0.1) is 19.8 Å². The van der Waals surface area contributed by atoms with Gasteiger partial charge in [-0.1, -0.05) is 19.9 Å². The van der Waals surface area contributed by atoms with Crippen LogP contribution in [0.2, 0.25) is 0 Å². The molecule has 1 aliphatic rings. The van der Waals surface area contributed by atoms with Crippen molar-refractivity contribution < 1.29 is 14.3 Å². The number of nitrogens with one attached hydrogen (secondary N) is 1. The lowest BCUT2D eigenvalue weighted by atomic mass is 10.0. The fraction of sp³-hybridized carbons (Fsp3) is 0.609. The zero-order valence-electron chi connectivity index (χ0n) is 19.4. The standard InChI is InChI=1S/C23H35N5O3/c1-6-31-21-14-18(7-8-20(21)30-5)15-27-10-9-22-25-26-23(28(22)12-11-27)19(13-16(2)3)24-17(4)29/h7-8,14,16,19H,6,9-13,15H2,1-5H3,(H,24,29)/t19-/m1/s1. The topological polar surface area (TPSA) is 81.5 Å². The third-order valence-electron chi connectivity index (χ3n) is 5.48. The molecule has 170 valence electrons. The normalized spacial score (nSPS) is 15.3. The molecule has 0 radical (unpaired) electrons. The molecule has 1 aliphatic heterocycles. The molecular weight excluding hydrogens is 394 g/mol. The second kappa shape index (κ2) is 10.6. The minimum Gasteiger partial charge on any atom is -0.493 e. The first-order chi connectivity index (χ1) is 14.9. The largest absolute Gasteiger partial charge is 0.493 e. The fourth-order valence-corrected chi connectivity index (χ4v) is 4.10. The highest BCUT2D eigenvalue weighted by atomic mass is 16.5. The van der Waals surface area contributed by atoms with Crippen LogP contribution in [0.5, 0.6) is 11.5 Å². The van der Waals surface area contributed by atoms with E-state index in [0.717, 1.165) is 62.2 Å². The van der Waals surface area contributed by atoms with Gasteiger partial charge in [0.1, 0.15) is 5.82 Å². The zero-order valence-corrected chi connectivity index (χ0v) is 19.4. The molecule has 8 heteroatoms. The van der Waals surface area contributed by atoms with Crippen LogP contribution < -0.4 is 14.8 Å². The van der Waals surface area contributed by atoms with E-state index >= 15 is 0 Å². The molecular formula is C23H35N5O3. The van der Waals surface area contributed by atoms with Crippen LogP contribution in [-0.4, -0.2) is 52.4 Å². The lowest BCUT2D eigenvalue weighted by molar-refractivity contribution is -0.119. The Bertz CT molecular complexity index is 880. The van der Waals surface area contributed by atoms with Gasteiger partial charge in [0, 0.05) is 39.5 Å². The van der Waals surface area contributed by atoms with Gasteiger partial charge in [0.15, 0.2) is 17.3 Å². The Labute approximate surface area is 184 Å². The first kappa shape index (κ1) is 23.1. The summed E-state index contributed by atoms with van der Waals surface area (Å²) < 4.78 is 13.3. The van der Waals surface area contributed by atoms with Gasteiger partial charge in [0.2, 0.25) is 5.91 Å². The second-order valence-electron chi connectivity index (χ2n) is 8.45. The van der Waals surface area contributed by atoms with Gasteiger partial charge in [-0.05, 0) is 37.0 Å². The zero-order chi connectivity index (χ0) is 22.4. The van der Waals surface area contributed by atoms with Gasteiger partial charge in [-0.15, -0.1) is 10.2 Å². The summed E-state index contributed by atoms with van der Waals surface area (Å²) in [6.07, 6.45) is 1.67. The van der Waals surface area contributed by atoms with Crippen molar-refractivity contribution in [2.24, 2.45) is 5.92 Å². The fourth-order valence-electron chi connectivity index (χ4n) is 4.10. The number of carbonyl (C=O) groups is 1. The van der Waals surface area contributed by atoms with Crippen molar-refractivity contribution >= 4 is 5.91 Å². The van der Waals surface area contributed by atoms with Crippen LogP contribution in [-0.2, 0) is 24.3 Å². The summed E-state index contributed by atoms with van der Waals surface area (Å²) in [6.45, 7) is 11.9. The maximum absolute atomic E-state index is 11.7. The number of rotatable bonds is 9. The van der Waals surface area contributed by atoms with Crippen LogP contribution in [0.3, 0.4) is 0 Å². The predicted octanol–water partition coefficient (Wildman–Crippen LogP) is 2.97. The van der Waals surface area contributed by atoms with Crippen LogP contribution in [0.4, 0.5) is 0 Å². The van der Waals surface area contributed by atoms with Gasteiger partial charge >= 0.3 is 0 Å². The van der Waals surface area contributed by atoms with Gasteiger partial charge in [-0.3, -0.25) is 9.69 Å². The smallest absolute Gasteiger partial charge is 0.217 e. The second-order valence-corrected chi connectivity index (χ2v) is 8.45. The van der Waals surface area contributed by atoms with E-state index in [1.54, 1.807) is 14.0 Å². The van der Waals surface area contributed by atoms with E-state index in [2.05, 4.69) is 51.0 Å². The van der Waals surface area contributed by atoms with Crippen molar-refractivity contribution in [3.05, 3.63) is 35.4 Å². The summed E-state index contributed by atoms with van der Waals surface area (Å²) in [6, 6.07) is 6.01. The molecule has 3 rings (SSSR count). The van der Waals surface area contributed by atoms with E-state index in [4.69, 9.17) is 9.47 Å². The number of nitrogens with zero attached hydrogens (tertiary/aromatic N) is 4. The summed E-state index contributed by atoms with van der Waals surface area (Å²) in [4.78, 5) is 14.2. The number of hydrogen-bond donors (Lipinski definition) is 1. The third kappa shape index (κ3) is 5.97. The van der Waals surface area contributed by atoms with E-state index in [0.29, 0.717) is 12.5 Å². The first-order valence-electron chi connectivity index (χ1n) is 11.1. The molecule has 0 spiro atoms. The van der Waals surface area contributed by atoms with Crippen LogP contribution in [0.1, 0.15) is 57.4 Å². The van der Waals surface area contributed by atoms with Crippen molar-refractivity contribution in [1.29, 1.82) is 0 Å². The third-order valence-corrected chi connectivity index (χ3v) is 5.48. The molecule has 2 heterocycles. The van der Waals surface area contributed by atoms with Crippen molar-refractivity contribution in [2.45, 2.75) is 59.7 Å². The van der Waals surface area contributed by atoms with Crippen LogP contribution in [0.25, 0.3) is 0 Å². The molecule has 0 fully saturated rings. The molecule has 1 aromatic heterocycles. The summed E-state index contributed by atoms with van der Waals surface area (Å²) in [5, 5.41) is 12.0. The van der Waals surface area contributed by atoms with E-state index in [1.165, 1.54) is 5.56 Å². The maximum Gasteiger partial charge on any atom is 0.217 e. The van der Waals surface area contributed by atoms with Crippen molar-refractivity contribution in [2.75, 3.05) is 26.8 Å². The minimum absolute atomic E-state index is 0.0390. The Morgan fingerprint density at radius 1 is 1.19 bits per heavy atom. The molecule has 1 N–H and O–H groups in total. The molecule has 0 bridgehead atoms. The highest BCUT2D eigenvalue weighted by molar-refractivity contribution is 5.73. The Morgan fingerprint density at radius 3 is 2.68 bits per heavy atom. The SMILES string of the molecule is CCOc1cc(CN2CCc3nnc([C@@H](CC(C)C)NC(C)=O)n3CC2)ccc1OC. The summed E-state index contributed by atoms with van der Waals surface area (Å²) in [5.74, 6) is 3.80. The van der Waals surface area contributed by atoms with Gasteiger partial charge in [-0.25, -0.2) is 0 Å². The van der Waals surface area contributed by atoms with E-state index < -0.39 is 0 Å². The summed E-state index contributed by atoms with van der Waals surface area (Å²) in [5.41, 5.74) is 1.19. The lowest BCUT2D eigenvalue weighted by Gasteiger charge is -2.22. The van der Waals surface area contributed by atoms with Gasteiger partial charge < -0.3 is 19.4 Å². The molecule has 8 nitrogen and oxygen atoms in total. The minimum atomic E-state index is -0.111. The Morgan fingerprint density at radius 2 is 2.00 bits per heavy atom. The van der Waals surface area contributed by atoms with E-state index in [1.807, 2.05) is 13.0 Å². The Balaban J connectivity index is 1.72. The number of benzene rings is 1. The predicted molar refractivity (Wildman–Crippen MR) is 119 cm³/mol. The average molecular weight is 430 g/mol. The van der Waals surface area contributed by atoms with Crippen LogP contribution >= 0.6 is 0 Å². The van der Waals surface area contributed by atoms with Gasteiger partial charge in [0.25, 0.3) is 0 Å². The lowest BCUT2D eigenvalue weighted by Crippen LogP contribution is -2.31. The number of amides is 1. The van der Waals surface area contributed by atoms with Crippen molar-refractivity contribution in [3.63, 3.8) is 0 Å². The number of aromatic nitrogens is 3. The molecule has 2 aromatic rings. The monoisotopic (exact) mass is 429 g/mol. The maximum atomic E-state index is 11.7. The first-order valence-corrected chi connectivity index (χ1v) is 11.1. The van der Waals surface area contributed by atoms with E-state index in [9.17, 15) is 4.79 Å². The highest BCUT2D eigenvalue weighted by Crippen LogP contribution is 2.29. The molecule has 1 amide bonds. The average Bonchev–Trinajstić information content (AvgIpc) is 3.02. The van der Waals surface area contributed by atoms with E-state index in [-0.39, 0.29) is 11.9 Å². The molecule has 0 aliphatic carbocycles. The summed E-state index contributed by atoms with van der Waals surface area (Å²) >= 11 is 0. The number of methoxy groups -OCH3 is 1. The number of carbonyl (C=O) groups excluding carboxylic acids is 1. The van der Waals surface area contributed by atoms with Crippen molar-refractivity contribution in [3.8, 4) is 11.5 Å². The van der Waals surface area contributed by atoms with Crippen LogP contribution in [0.15, 0.2) is 18.2 Å². The number of hydrogen-bond acceptors (Lipinski definition) is 6. The Kier molecular flexibility index (Phi) is 7.90. The quantitative estimate of drug-likeness (QED) is 0.660. The molecule has 1 atom stereocenters. The molecule has 0 saturated heterocycles. The number of fused-ring (bicyclic) bond motifs is 1. The van der Waals surface area contributed by atoms with Gasteiger partial charge in [-0.2, -0.15) is 0 Å². The molecule has 31 heavy (non-hydrogen) atoms. The number of ether oxygens (including phenoxy) is 2. The highest BCUT2D eigenvalue weighted by Gasteiger charge is 2.25. The molecule has 1 aromatic carbocycles. The Hall–Kier alpha value is -2.61.